The number of hydrogen-bond donors (Lipinski definition) is 1. The number of ether oxygens (including phenoxy) is 4. The van der Waals surface area contributed by atoms with Gasteiger partial charge in [-0.3, -0.25) is 13.9 Å². The van der Waals surface area contributed by atoms with E-state index in [1.165, 1.54) is 64.7 Å². The summed E-state index contributed by atoms with van der Waals surface area (Å²) in [6, 6.07) is 14.7. The molecule has 0 unspecified atom stereocenters. The van der Waals surface area contributed by atoms with Crippen LogP contribution in [0.15, 0.2) is 65.6 Å². The molecule has 0 spiro atoms. The summed E-state index contributed by atoms with van der Waals surface area (Å²) in [7, 11) is 2.69. The third kappa shape index (κ3) is 7.63. The molecule has 232 valence electrons. The number of hydrogen-bond acceptors (Lipinski definition) is 8. The summed E-state index contributed by atoms with van der Waals surface area (Å²) in [5, 5.41) is 3.11. The van der Waals surface area contributed by atoms with Gasteiger partial charge in [0.2, 0.25) is 11.8 Å². The molecular weight excluding hydrogens is 598 g/mol. The maximum absolute atomic E-state index is 14.3. The number of benzene rings is 3. The minimum absolute atomic E-state index is 0.0292. The Hall–Kier alpha value is -4.16. The van der Waals surface area contributed by atoms with E-state index in [1.807, 2.05) is 0 Å². The fourth-order valence-corrected chi connectivity index (χ4v) is 6.04. The van der Waals surface area contributed by atoms with Crippen molar-refractivity contribution in [3.05, 3.63) is 71.2 Å². The van der Waals surface area contributed by atoms with Crippen LogP contribution in [0, 0.1) is 0 Å². The van der Waals surface area contributed by atoms with Crippen molar-refractivity contribution >= 4 is 39.1 Å². The van der Waals surface area contributed by atoms with Crippen molar-refractivity contribution in [2.45, 2.75) is 30.8 Å². The van der Waals surface area contributed by atoms with Crippen molar-refractivity contribution in [2.75, 3.05) is 46.3 Å². The van der Waals surface area contributed by atoms with E-state index < -0.39 is 34.4 Å². The number of halogens is 1. The van der Waals surface area contributed by atoms with E-state index in [-0.39, 0.29) is 35.0 Å². The van der Waals surface area contributed by atoms with Crippen molar-refractivity contribution in [3.63, 3.8) is 0 Å². The predicted octanol–water partition coefficient (Wildman–Crippen LogP) is 4.12. The van der Waals surface area contributed by atoms with Gasteiger partial charge in [-0.15, -0.1) is 0 Å². The molecule has 1 N–H and O–H groups in total. The molecule has 0 bridgehead atoms. The first-order valence-corrected chi connectivity index (χ1v) is 15.1. The monoisotopic (exact) mass is 633 g/mol. The second kappa shape index (κ2) is 14.8. The van der Waals surface area contributed by atoms with Crippen molar-refractivity contribution in [3.8, 4) is 23.0 Å². The highest BCUT2D eigenvalue weighted by atomic mass is 35.5. The van der Waals surface area contributed by atoms with Crippen LogP contribution in [0.5, 0.6) is 23.0 Å². The van der Waals surface area contributed by atoms with Crippen LogP contribution >= 0.6 is 11.6 Å². The number of nitrogens with one attached hydrogen (secondary N) is 1. The lowest BCUT2D eigenvalue weighted by Crippen LogP contribution is -2.51. The fourth-order valence-electron chi connectivity index (χ4n) is 4.48. The van der Waals surface area contributed by atoms with E-state index in [9.17, 15) is 18.0 Å². The topological polar surface area (TPSA) is 124 Å². The summed E-state index contributed by atoms with van der Waals surface area (Å²) in [6.45, 7) is 1.13. The predicted molar refractivity (Wildman–Crippen MR) is 164 cm³/mol. The molecule has 3 aromatic carbocycles. The molecule has 0 aliphatic rings. The van der Waals surface area contributed by atoms with Gasteiger partial charge in [0.05, 0.1) is 39.0 Å². The molecule has 0 saturated heterocycles. The number of carbonyl (C=O) groups is 2. The standard InChI is InChI=1S/C30H36ClN3O8S/c1-7-24(30(36)32-2)33(18-20-8-10-21(31)11-9-20)29(35)19-34(25-16-22(39-3)12-14-26(25)40-4)43(37,38)23-13-15-27(41-5)28(17-23)42-6/h8-17,24H,7,18-19H2,1-6H3,(H,32,36)/t24-/m0/s1. The number of methoxy groups -OCH3 is 4. The Morgan fingerprint density at radius 3 is 2.05 bits per heavy atom. The summed E-state index contributed by atoms with van der Waals surface area (Å²) >= 11 is 6.06. The highest BCUT2D eigenvalue weighted by Crippen LogP contribution is 2.38. The minimum Gasteiger partial charge on any atom is -0.497 e. The average Bonchev–Trinajstić information content (AvgIpc) is 3.03. The van der Waals surface area contributed by atoms with Crippen molar-refractivity contribution < 1.29 is 37.0 Å². The second-order valence-corrected chi connectivity index (χ2v) is 11.6. The zero-order valence-corrected chi connectivity index (χ0v) is 26.5. The first-order chi connectivity index (χ1) is 20.5. The van der Waals surface area contributed by atoms with E-state index in [0.29, 0.717) is 22.1 Å². The smallest absolute Gasteiger partial charge is 0.265 e. The van der Waals surface area contributed by atoms with Gasteiger partial charge < -0.3 is 29.2 Å². The SMILES string of the molecule is CC[C@@H](C(=O)NC)N(Cc1ccc(Cl)cc1)C(=O)CN(c1cc(OC)ccc1OC)S(=O)(=O)c1ccc(OC)c(OC)c1. The van der Waals surface area contributed by atoms with Gasteiger partial charge in [-0.05, 0) is 48.4 Å². The summed E-state index contributed by atoms with van der Waals surface area (Å²) in [5.74, 6) is 0.0132. The van der Waals surface area contributed by atoms with Gasteiger partial charge in [0.15, 0.2) is 11.5 Å². The highest BCUT2D eigenvalue weighted by molar-refractivity contribution is 7.92. The Morgan fingerprint density at radius 2 is 1.49 bits per heavy atom. The molecule has 3 aromatic rings. The van der Waals surface area contributed by atoms with Crippen LogP contribution < -0.4 is 28.6 Å². The lowest BCUT2D eigenvalue weighted by Gasteiger charge is -2.33. The first-order valence-electron chi connectivity index (χ1n) is 13.3. The largest absolute Gasteiger partial charge is 0.497 e. The normalized spacial score (nSPS) is 11.7. The number of carbonyl (C=O) groups excluding carboxylic acids is 2. The molecule has 1 atom stereocenters. The molecule has 13 heteroatoms. The Morgan fingerprint density at radius 1 is 0.860 bits per heavy atom. The fraction of sp³-hybridized carbons (Fsp3) is 0.333. The average molecular weight is 634 g/mol. The van der Waals surface area contributed by atoms with E-state index >= 15 is 0 Å². The Balaban J connectivity index is 2.19. The Bertz CT molecular complexity index is 1530. The van der Waals surface area contributed by atoms with Crippen molar-refractivity contribution in [1.29, 1.82) is 0 Å². The van der Waals surface area contributed by atoms with Gasteiger partial charge in [-0.1, -0.05) is 30.7 Å². The van der Waals surface area contributed by atoms with E-state index in [0.717, 1.165) is 4.31 Å². The van der Waals surface area contributed by atoms with Gasteiger partial charge in [-0.25, -0.2) is 8.42 Å². The summed E-state index contributed by atoms with van der Waals surface area (Å²) in [5.41, 5.74) is 0.762. The zero-order chi connectivity index (χ0) is 31.7. The molecule has 2 amide bonds. The molecule has 0 aliphatic heterocycles. The highest BCUT2D eigenvalue weighted by Gasteiger charge is 2.35. The second-order valence-electron chi connectivity index (χ2n) is 9.25. The Kier molecular flexibility index (Phi) is 11.5. The molecule has 0 saturated carbocycles. The molecular formula is C30H36ClN3O8S. The Labute approximate surface area is 257 Å². The van der Waals surface area contributed by atoms with Crippen LogP contribution in [0.25, 0.3) is 0 Å². The number of likely N-dealkylation sites (N-methyl/N-ethyl adjacent to an activating group) is 1. The summed E-state index contributed by atoms with van der Waals surface area (Å²) < 4.78 is 51.0. The molecule has 0 aliphatic carbocycles. The summed E-state index contributed by atoms with van der Waals surface area (Å²) in [6.07, 6.45) is 0.282. The number of sulfonamides is 1. The third-order valence-corrected chi connectivity index (χ3v) is 8.78. The van der Waals surface area contributed by atoms with Crippen LogP contribution in [0.3, 0.4) is 0 Å². The van der Waals surface area contributed by atoms with Gasteiger partial charge in [0.25, 0.3) is 10.0 Å². The maximum atomic E-state index is 14.3. The molecule has 43 heavy (non-hydrogen) atoms. The number of anilines is 1. The third-order valence-electron chi connectivity index (χ3n) is 6.78. The van der Waals surface area contributed by atoms with Crippen molar-refractivity contribution in [2.24, 2.45) is 0 Å². The molecule has 11 nitrogen and oxygen atoms in total. The summed E-state index contributed by atoms with van der Waals surface area (Å²) in [4.78, 5) is 28.3. The van der Waals surface area contributed by atoms with Gasteiger partial charge in [-0.2, -0.15) is 0 Å². The minimum atomic E-state index is -4.44. The van der Waals surface area contributed by atoms with Gasteiger partial charge in [0, 0.05) is 30.7 Å². The lowest BCUT2D eigenvalue weighted by molar-refractivity contribution is -0.140. The number of nitrogens with zero attached hydrogens (tertiary/aromatic N) is 2. The molecule has 0 fully saturated rings. The van der Waals surface area contributed by atoms with E-state index in [2.05, 4.69) is 5.32 Å². The van der Waals surface area contributed by atoms with Crippen LogP contribution in [0.2, 0.25) is 5.02 Å². The van der Waals surface area contributed by atoms with Crippen LogP contribution in [0.4, 0.5) is 5.69 Å². The molecule has 3 rings (SSSR count). The van der Waals surface area contributed by atoms with Gasteiger partial charge >= 0.3 is 0 Å². The van der Waals surface area contributed by atoms with Crippen LogP contribution in [-0.2, 0) is 26.2 Å². The van der Waals surface area contributed by atoms with E-state index in [1.54, 1.807) is 43.3 Å². The molecule has 0 radical (unpaired) electrons. The quantitative estimate of drug-likeness (QED) is 0.281. The molecule has 0 heterocycles. The van der Waals surface area contributed by atoms with Crippen LogP contribution in [-0.4, -0.2) is 73.2 Å². The lowest BCUT2D eigenvalue weighted by atomic mass is 10.1. The molecule has 0 aromatic heterocycles. The zero-order valence-electron chi connectivity index (χ0n) is 24.9. The first kappa shape index (κ1) is 33.3. The van der Waals surface area contributed by atoms with E-state index in [4.69, 9.17) is 30.5 Å². The van der Waals surface area contributed by atoms with Crippen LogP contribution in [0.1, 0.15) is 18.9 Å². The van der Waals surface area contributed by atoms with Gasteiger partial charge in [0.1, 0.15) is 24.1 Å². The number of rotatable bonds is 14. The number of amides is 2. The maximum Gasteiger partial charge on any atom is 0.265 e. The van der Waals surface area contributed by atoms with Crippen molar-refractivity contribution in [1.82, 2.24) is 10.2 Å².